The molecule has 2 unspecified atom stereocenters. The van der Waals surface area contributed by atoms with E-state index in [0.29, 0.717) is 12.8 Å². The zero-order valence-electron chi connectivity index (χ0n) is 22.4. The van der Waals surface area contributed by atoms with E-state index >= 15 is 0 Å². The van der Waals surface area contributed by atoms with Crippen molar-refractivity contribution in [3.63, 3.8) is 0 Å². The Kier molecular flexibility index (Phi) is 25.5. The molecule has 0 aliphatic heterocycles. The van der Waals surface area contributed by atoms with Crippen LogP contribution >= 0.6 is 0 Å². The number of carbonyl (C=O) groups is 1. The maximum Gasteiger partial charge on any atom is 0.220 e. The molecule has 2 atom stereocenters. The lowest BCUT2D eigenvalue weighted by Gasteiger charge is -2.22. The fourth-order valence-electron chi connectivity index (χ4n) is 4.53. The van der Waals surface area contributed by atoms with Crippen LogP contribution in [0.15, 0.2) is 0 Å². The zero-order chi connectivity index (χ0) is 24.4. The Hall–Kier alpha value is -0.610. The highest BCUT2D eigenvalue weighted by atomic mass is 16.3. The van der Waals surface area contributed by atoms with Gasteiger partial charge in [0.2, 0.25) is 5.91 Å². The van der Waals surface area contributed by atoms with E-state index in [9.17, 15) is 15.0 Å². The molecule has 198 valence electrons. The van der Waals surface area contributed by atoms with Gasteiger partial charge in [-0.25, -0.2) is 0 Å². The highest BCUT2D eigenvalue weighted by Gasteiger charge is 2.19. The topological polar surface area (TPSA) is 69.6 Å². The standard InChI is InChI=1S/C29H59NO3/c1-3-5-7-9-11-13-14-15-16-17-19-21-23-25-29(33)30-27(26-31)28(32)24-22-20-18-12-10-8-6-4-2/h27-28,31-32H,3-26H2,1-2H3,(H,30,33). The van der Waals surface area contributed by atoms with E-state index < -0.39 is 12.1 Å². The van der Waals surface area contributed by atoms with Crippen molar-refractivity contribution in [2.24, 2.45) is 0 Å². The minimum Gasteiger partial charge on any atom is -0.394 e. The van der Waals surface area contributed by atoms with Gasteiger partial charge in [-0.15, -0.1) is 0 Å². The third-order valence-electron chi connectivity index (χ3n) is 6.87. The molecule has 0 aliphatic rings. The number of carbonyl (C=O) groups excluding carboxylic acids is 1. The minimum absolute atomic E-state index is 0.0351. The number of amides is 1. The average molecular weight is 470 g/mol. The number of nitrogens with one attached hydrogen (secondary N) is 1. The molecule has 0 bridgehead atoms. The van der Waals surface area contributed by atoms with E-state index in [2.05, 4.69) is 19.2 Å². The number of unbranched alkanes of at least 4 members (excludes halogenated alkanes) is 19. The lowest BCUT2D eigenvalue weighted by atomic mass is 10.0. The molecule has 4 nitrogen and oxygen atoms in total. The molecule has 33 heavy (non-hydrogen) atoms. The molecule has 1 amide bonds. The molecule has 0 aromatic carbocycles. The van der Waals surface area contributed by atoms with Gasteiger partial charge < -0.3 is 15.5 Å². The first kappa shape index (κ1) is 32.4. The Bertz CT molecular complexity index is 402. The van der Waals surface area contributed by atoms with Crippen molar-refractivity contribution in [1.82, 2.24) is 5.32 Å². The van der Waals surface area contributed by atoms with Crippen LogP contribution in [-0.2, 0) is 4.79 Å². The summed E-state index contributed by atoms with van der Waals surface area (Å²) < 4.78 is 0. The normalized spacial score (nSPS) is 13.2. The molecular formula is C29H59NO3. The van der Waals surface area contributed by atoms with Gasteiger partial charge in [-0.1, -0.05) is 142 Å². The second kappa shape index (κ2) is 26.0. The van der Waals surface area contributed by atoms with Crippen LogP contribution in [0.2, 0.25) is 0 Å². The van der Waals surface area contributed by atoms with Crippen molar-refractivity contribution >= 4 is 5.91 Å². The molecule has 0 aromatic rings. The highest BCUT2D eigenvalue weighted by Crippen LogP contribution is 2.14. The molecule has 4 heteroatoms. The number of hydrogen-bond donors (Lipinski definition) is 3. The third kappa shape index (κ3) is 22.9. The van der Waals surface area contributed by atoms with Crippen LogP contribution in [0, 0.1) is 0 Å². The first-order valence-electron chi connectivity index (χ1n) is 14.7. The number of aliphatic hydroxyl groups is 2. The van der Waals surface area contributed by atoms with E-state index in [1.54, 1.807) is 0 Å². The molecule has 0 fully saturated rings. The van der Waals surface area contributed by atoms with Gasteiger partial charge in [-0.05, 0) is 12.8 Å². The largest absolute Gasteiger partial charge is 0.394 e. The van der Waals surface area contributed by atoms with E-state index in [0.717, 1.165) is 25.7 Å². The molecule has 3 N–H and O–H groups in total. The van der Waals surface area contributed by atoms with Crippen molar-refractivity contribution in [2.75, 3.05) is 6.61 Å². The monoisotopic (exact) mass is 469 g/mol. The smallest absolute Gasteiger partial charge is 0.220 e. The first-order chi connectivity index (χ1) is 16.2. The lowest BCUT2D eigenvalue weighted by Crippen LogP contribution is -2.45. The van der Waals surface area contributed by atoms with Crippen LogP contribution in [0.4, 0.5) is 0 Å². The number of aliphatic hydroxyl groups excluding tert-OH is 2. The summed E-state index contributed by atoms with van der Waals surface area (Å²) in [6, 6.07) is -0.524. The van der Waals surface area contributed by atoms with Crippen molar-refractivity contribution in [3.8, 4) is 0 Å². The SMILES string of the molecule is CCCCCCCCCCCCCCCC(=O)NC(CO)C(O)CCCCCCCCCC. The Morgan fingerprint density at radius 1 is 0.606 bits per heavy atom. The molecule has 0 aliphatic carbocycles. The third-order valence-corrected chi connectivity index (χ3v) is 6.87. The molecule has 0 saturated carbocycles. The summed E-state index contributed by atoms with van der Waals surface area (Å²) in [5, 5.41) is 22.8. The predicted octanol–water partition coefficient (Wildman–Crippen LogP) is 7.84. The van der Waals surface area contributed by atoms with E-state index in [1.807, 2.05) is 0 Å². The van der Waals surface area contributed by atoms with Gasteiger partial charge >= 0.3 is 0 Å². The van der Waals surface area contributed by atoms with Crippen molar-refractivity contribution in [3.05, 3.63) is 0 Å². The van der Waals surface area contributed by atoms with E-state index in [1.165, 1.54) is 109 Å². The van der Waals surface area contributed by atoms with Gasteiger partial charge in [-0.3, -0.25) is 4.79 Å². The summed E-state index contributed by atoms with van der Waals surface area (Å²) in [6.07, 6.45) is 27.1. The summed E-state index contributed by atoms with van der Waals surface area (Å²) in [4.78, 5) is 12.2. The van der Waals surface area contributed by atoms with Gasteiger partial charge in [0, 0.05) is 6.42 Å². The number of hydrogen-bond acceptors (Lipinski definition) is 3. The molecule has 0 saturated heterocycles. The van der Waals surface area contributed by atoms with Crippen LogP contribution in [0.3, 0.4) is 0 Å². The van der Waals surface area contributed by atoms with Gasteiger partial charge in [0.1, 0.15) is 0 Å². The summed E-state index contributed by atoms with van der Waals surface area (Å²) in [5.74, 6) is -0.0351. The molecule has 0 rings (SSSR count). The quantitative estimate of drug-likeness (QED) is 0.113. The van der Waals surface area contributed by atoms with Gasteiger partial charge in [0.15, 0.2) is 0 Å². The van der Waals surface area contributed by atoms with Crippen LogP contribution < -0.4 is 5.32 Å². The fourth-order valence-corrected chi connectivity index (χ4v) is 4.53. The fraction of sp³-hybridized carbons (Fsp3) is 0.966. The van der Waals surface area contributed by atoms with Gasteiger partial charge in [0.05, 0.1) is 18.8 Å². The highest BCUT2D eigenvalue weighted by molar-refractivity contribution is 5.76. The van der Waals surface area contributed by atoms with Crippen molar-refractivity contribution < 1.29 is 15.0 Å². The zero-order valence-corrected chi connectivity index (χ0v) is 22.4. The summed E-state index contributed by atoms with van der Waals surface area (Å²) >= 11 is 0. The molecule has 0 heterocycles. The van der Waals surface area contributed by atoms with E-state index in [-0.39, 0.29) is 12.5 Å². The summed E-state index contributed by atoms with van der Waals surface area (Å²) in [5.41, 5.74) is 0. The Balaban J connectivity index is 3.57. The van der Waals surface area contributed by atoms with Gasteiger partial charge in [0.25, 0.3) is 0 Å². The van der Waals surface area contributed by atoms with Crippen LogP contribution in [0.1, 0.15) is 162 Å². The average Bonchev–Trinajstić information content (AvgIpc) is 2.82. The molecular weight excluding hydrogens is 410 g/mol. The predicted molar refractivity (Wildman–Crippen MR) is 143 cm³/mol. The maximum absolute atomic E-state index is 12.2. The minimum atomic E-state index is -0.648. The molecule has 0 spiro atoms. The second-order valence-electron chi connectivity index (χ2n) is 10.2. The van der Waals surface area contributed by atoms with Crippen LogP contribution in [0.5, 0.6) is 0 Å². The van der Waals surface area contributed by atoms with Crippen molar-refractivity contribution in [2.45, 2.75) is 174 Å². The second-order valence-corrected chi connectivity index (χ2v) is 10.2. The Morgan fingerprint density at radius 2 is 0.970 bits per heavy atom. The molecule has 0 aromatic heterocycles. The van der Waals surface area contributed by atoms with Crippen molar-refractivity contribution in [1.29, 1.82) is 0 Å². The number of rotatable bonds is 26. The van der Waals surface area contributed by atoms with E-state index in [4.69, 9.17) is 0 Å². The summed E-state index contributed by atoms with van der Waals surface area (Å²) in [7, 11) is 0. The molecule has 0 radical (unpaired) electrons. The first-order valence-corrected chi connectivity index (χ1v) is 14.7. The Labute approximate surface area is 206 Å². The summed E-state index contributed by atoms with van der Waals surface area (Å²) in [6.45, 7) is 4.31. The maximum atomic E-state index is 12.2. The lowest BCUT2D eigenvalue weighted by molar-refractivity contribution is -0.123. The van der Waals surface area contributed by atoms with Gasteiger partial charge in [-0.2, -0.15) is 0 Å². The van der Waals surface area contributed by atoms with Crippen LogP contribution in [0.25, 0.3) is 0 Å². The van der Waals surface area contributed by atoms with Crippen LogP contribution in [-0.4, -0.2) is 34.9 Å². The Morgan fingerprint density at radius 3 is 1.36 bits per heavy atom.